The Morgan fingerprint density at radius 3 is 2.44 bits per heavy atom. The van der Waals surface area contributed by atoms with E-state index in [0.717, 1.165) is 49.7 Å². The van der Waals surface area contributed by atoms with Gasteiger partial charge in [0.05, 0.1) is 39.2 Å². The van der Waals surface area contributed by atoms with Crippen molar-refractivity contribution >= 4 is 40.6 Å². The molecule has 1 saturated heterocycles. The molecule has 1 aromatic carbocycles. The van der Waals surface area contributed by atoms with Crippen molar-refractivity contribution in [3.05, 3.63) is 69.1 Å². The van der Waals surface area contributed by atoms with E-state index < -0.39 is 17.6 Å². The molecule has 3 heterocycles. The third-order valence-corrected chi connectivity index (χ3v) is 6.88. The number of halogens is 5. The first-order valence-corrected chi connectivity index (χ1v) is 12.1. The van der Waals surface area contributed by atoms with Crippen molar-refractivity contribution in [1.29, 1.82) is 0 Å². The molecule has 192 valence electrons. The molecule has 1 aliphatic rings. The van der Waals surface area contributed by atoms with Gasteiger partial charge in [0.15, 0.2) is 5.82 Å². The Labute approximate surface area is 216 Å². The molecule has 7 nitrogen and oxygen atoms in total. The van der Waals surface area contributed by atoms with Crippen molar-refractivity contribution in [1.82, 2.24) is 19.7 Å². The molecule has 1 amide bonds. The van der Waals surface area contributed by atoms with Crippen LogP contribution in [-0.2, 0) is 12.7 Å². The predicted octanol–water partition coefficient (Wildman–Crippen LogP) is 5.30. The Hall–Kier alpha value is -2.82. The second-order valence-corrected chi connectivity index (χ2v) is 9.41. The molecule has 1 fully saturated rings. The van der Waals surface area contributed by atoms with Crippen molar-refractivity contribution in [2.45, 2.75) is 26.6 Å². The van der Waals surface area contributed by atoms with Gasteiger partial charge in [0.25, 0.3) is 5.91 Å². The number of carbonyl (C=O) groups is 1. The van der Waals surface area contributed by atoms with Crippen molar-refractivity contribution < 1.29 is 18.0 Å². The molecule has 4 rings (SSSR count). The lowest BCUT2D eigenvalue weighted by atomic mass is 10.1. The van der Waals surface area contributed by atoms with Gasteiger partial charge in [0.1, 0.15) is 0 Å². The molecule has 3 aromatic rings. The van der Waals surface area contributed by atoms with Crippen LogP contribution in [0.1, 0.15) is 27.3 Å². The van der Waals surface area contributed by atoms with Crippen LogP contribution in [-0.4, -0.2) is 58.3 Å². The summed E-state index contributed by atoms with van der Waals surface area (Å²) in [6.45, 7) is 8.18. The normalized spacial score (nSPS) is 14.8. The largest absolute Gasteiger partial charge is 0.416 e. The van der Waals surface area contributed by atoms with Gasteiger partial charge in [-0.05, 0) is 38.1 Å². The quantitative estimate of drug-likeness (QED) is 0.459. The summed E-state index contributed by atoms with van der Waals surface area (Å²) in [5.74, 6) is -0.154. The van der Waals surface area contributed by atoms with Crippen LogP contribution in [0.5, 0.6) is 0 Å². The van der Waals surface area contributed by atoms with Gasteiger partial charge in [0.2, 0.25) is 0 Å². The highest BCUT2D eigenvalue weighted by Crippen LogP contribution is 2.31. The summed E-state index contributed by atoms with van der Waals surface area (Å²) in [5.41, 5.74) is 1.10. The molecule has 36 heavy (non-hydrogen) atoms. The molecule has 0 saturated carbocycles. The molecule has 0 unspecified atom stereocenters. The van der Waals surface area contributed by atoms with Crippen LogP contribution >= 0.6 is 23.2 Å². The minimum Gasteiger partial charge on any atom is -0.352 e. The lowest BCUT2D eigenvalue weighted by molar-refractivity contribution is -0.137. The van der Waals surface area contributed by atoms with E-state index in [1.807, 2.05) is 23.4 Å². The molecular formula is C24H25Cl2F3N6O. The fraction of sp³-hybridized carbons (Fsp3) is 0.375. The number of carbonyl (C=O) groups excluding carboxylic acids is 1. The Kier molecular flexibility index (Phi) is 7.77. The molecule has 1 N–H and O–H groups in total. The SMILES string of the molecule is Cc1nn(CCN2CCN(c3ncc(Cl)cc3NC(=O)c3cccc(C(F)(F)F)c3)CC2)c(C)c1Cl. The minimum atomic E-state index is -4.54. The number of anilines is 2. The predicted molar refractivity (Wildman–Crippen MR) is 134 cm³/mol. The average molecular weight is 541 g/mol. The topological polar surface area (TPSA) is 66.3 Å². The second kappa shape index (κ2) is 10.7. The Morgan fingerprint density at radius 1 is 1.08 bits per heavy atom. The Morgan fingerprint density at radius 2 is 1.81 bits per heavy atom. The number of pyridine rings is 1. The molecule has 0 spiro atoms. The molecule has 0 aliphatic carbocycles. The van der Waals surface area contributed by atoms with Crippen molar-refractivity contribution in [2.24, 2.45) is 0 Å². The second-order valence-electron chi connectivity index (χ2n) is 8.59. The molecular weight excluding hydrogens is 516 g/mol. The van der Waals surface area contributed by atoms with Crippen molar-refractivity contribution in [3.8, 4) is 0 Å². The number of hydrogen-bond acceptors (Lipinski definition) is 5. The van der Waals surface area contributed by atoms with E-state index in [1.165, 1.54) is 18.3 Å². The highest BCUT2D eigenvalue weighted by Gasteiger charge is 2.31. The highest BCUT2D eigenvalue weighted by atomic mass is 35.5. The fourth-order valence-corrected chi connectivity index (χ4v) is 4.41. The van der Waals surface area contributed by atoms with Gasteiger partial charge in [-0.1, -0.05) is 29.3 Å². The maximum atomic E-state index is 13.1. The number of hydrogen-bond donors (Lipinski definition) is 1. The van der Waals surface area contributed by atoms with Crippen LogP contribution in [0, 0.1) is 13.8 Å². The van der Waals surface area contributed by atoms with Crippen LogP contribution < -0.4 is 10.2 Å². The molecule has 0 radical (unpaired) electrons. The Bertz CT molecular complexity index is 1260. The molecule has 2 aromatic heterocycles. The maximum absolute atomic E-state index is 13.1. The molecule has 0 bridgehead atoms. The molecule has 1 aliphatic heterocycles. The van der Waals surface area contributed by atoms with E-state index in [1.54, 1.807) is 6.07 Å². The van der Waals surface area contributed by atoms with E-state index in [9.17, 15) is 18.0 Å². The summed E-state index contributed by atoms with van der Waals surface area (Å²) in [5, 5.41) is 8.15. The summed E-state index contributed by atoms with van der Waals surface area (Å²) >= 11 is 12.3. The number of aryl methyl sites for hydroxylation is 1. The number of benzene rings is 1. The highest BCUT2D eigenvalue weighted by molar-refractivity contribution is 6.31. The number of amides is 1. The summed E-state index contributed by atoms with van der Waals surface area (Å²) in [7, 11) is 0. The minimum absolute atomic E-state index is 0.107. The van der Waals surface area contributed by atoms with Gasteiger partial charge < -0.3 is 10.2 Å². The summed E-state index contributed by atoms with van der Waals surface area (Å²) in [6, 6.07) is 5.83. The van der Waals surface area contributed by atoms with E-state index in [-0.39, 0.29) is 5.56 Å². The van der Waals surface area contributed by atoms with Crippen LogP contribution in [0.4, 0.5) is 24.7 Å². The number of nitrogens with zero attached hydrogens (tertiary/aromatic N) is 5. The van der Waals surface area contributed by atoms with E-state index in [4.69, 9.17) is 23.2 Å². The number of nitrogens with one attached hydrogen (secondary N) is 1. The first-order valence-electron chi connectivity index (χ1n) is 11.3. The van der Waals surface area contributed by atoms with E-state index >= 15 is 0 Å². The average Bonchev–Trinajstić information content (AvgIpc) is 3.09. The zero-order valence-electron chi connectivity index (χ0n) is 19.7. The van der Waals surface area contributed by atoms with E-state index in [0.29, 0.717) is 34.6 Å². The van der Waals surface area contributed by atoms with Crippen LogP contribution in [0.25, 0.3) is 0 Å². The van der Waals surface area contributed by atoms with Gasteiger partial charge in [-0.15, -0.1) is 0 Å². The van der Waals surface area contributed by atoms with Crippen LogP contribution in [0.2, 0.25) is 10.0 Å². The third-order valence-electron chi connectivity index (χ3n) is 6.13. The molecule has 0 atom stereocenters. The standard InChI is InChI=1S/C24H25Cl2F3N6O/c1-15-21(26)16(2)35(32-15)11-8-33-6-9-34(10-7-33)22-20(13-19(25)14-30-22)31-23(36)17-4-3-5-18(12-17)24(27,28)29/h3-5,12-14H,6-11H2,1-2H3,(H,31,36). The monoisotopic (exact) mass is 540 g/mol. The van der Waals surface area contributed by atoms with Gasteiger partial charge in [-0.25, -0.2) is 4.98 Å². The lowest BCUT2D eigenvalue weighted by Crippen LogP contribution is -2.47. The fourth-order valence-electron chi connectivity index (χ4n) is 4.12. The number of piperazine rings is 1. The summed E-state index contributed by atoms with van der Waals surface area (Å²) in [6.07, 6.45) is -3.06. The van der Waals surface area contributed by atoms with Crippen molar-refractivity contribution in [2.75, 3.05) is 42.9 Å². The van der Waals surface area contributed by atoms with Gasteiger partial charge >= 0.3 is 6.18 Å². The van der Waals surface area contributed by atoms with Crippen molar-refractivity contribution in [3.63, 3.8) is 0 Å². The first kappa shape index (κ1) is 26.2. The third kappa shape index (κ3) is 5.93. The van der Waals surface area contributed by atoms with Gasteiger partial charge in [-0.2, -0.15) is 18.3 Å². The van der Waals surface area contributed by atoms with Gasteiger partial charge in [0, 0.05) is 44.5 Å². The zero-order chi connectivity index (χ0) is 26.0. The first-order chi connectivity index (χ1) is 17.0. The summed E-state index contributed by atoms with van der Waals surface area (Å²) < 4.78 is 41.1. The van der Waals surface area contributed by atoms with Crippen LogP contribution in [0.3, 0.4) is 0 Å². The maximum Gasteiger partial charge on any atom is 0.416 e. The van der Waals surface area contributed by atoms with Crippen LogP contribution in [0.15, 0.2) is 36.5 Å². The number of rotatable bonds is 6. The number of alkyl halides is 3. The smallest absolute Gasteiger partial charge is 0.352 e. The Balaban J connectivity index is 1.41. The summed E-state index contributed by atoms with van der Waals surface area (Å²) in [4.78, 5) is 21.5. The number of aromatic nitrogens is 3. The lowest BCUT2D eigenvalue weighted by Gasteiger charge is -2.36. The van der Waals surface area contributed by atoms with E-state index in [2.05, 4.69) is 20.3 Å². The zero-order valence-corrected chi connectivity index (χ0v) is 21.3. The van der Waals surface area contributed by atoms with Gasteiger partial charge in [-0.3, -0.25) is 14.4 Å². The molecule has 12 heteroatoms.